The molecule has 0 saturated carbocycles. The topological polar surface area (TPSA) is 64.4 Å². The van der Waals surface area contributed by atoms with E-state index in [4.69, 9.17) is 5.53 Å². The van der Waals surface area contributed by atoms with E-state index in [9.17, 15) is 17.6 Å². The van der Waals surface area contributed by atoms with Gasteiger partial charge >= 0.3 is 0 Å². The Morgan fingerprint density at radius 3 is 1.96 bits per heavy atom. The maximum atomic E-state index is 13.8. The standard InChI is InChI=1S/C15H11F4N5/c1-24(2)9-5-3-8(4-6-9)21-7-10-11(16)13(18)15(22-23-20)14(19)12(10)17/h3-7H,1-2H3. The third-order valence-electron chi connectivity index (χ3n) is 3.13. The van der Waals surface area contributed by atoms with Crippen LogP contribution in [0.3, 0.4) is 0 Å². The largest absolute Gasteiger partial charge is 0.378 e. The third-order valence-corrected chi connectivity index (χ3v) is 3.13. The van der Waals surface area contributed by atoms with Gasteiger partial charge in [-0.3, -0.25) is 4.99 Å². The van der Waals surface area contributed by atoms with Gasteiger partial charge in [0.15, 0.2) is 23.3 Å². The molecule has 0 atom stereocenters. The van der Waals surface area contributed by atoms with Crippen molar-refractivity contribution in [3.63, 3.8) is 0 Å². The average molecular weight is 337 g/mol. The van der Waals surface area contributed by atoms with Crippen LogP contribution in [0, 0.1) is 23.3 Å². The van der Waals surface area contributed by atoms with Crippen LogP contribution in [-0.4, -0.2) is 20.3 Å². The zero-order chi connectivity index (χ0) is 17.9. The second kappa shape index (κ2) is 7.01. The molecule has 0 heterocycles. The molecule has 0 saturated heterocycles. The molecule has 124 valence electrons. The Bertz CT molecular complexity index is 811. The Kier molecular flexibility index (Phi) is 5.05. The van der Waals surface area contributed by atoms with E-state index >= 15 is 0 Å². The van der Waals surface area contributed by atoms with Gasteiger partial charge in [0.2, 0.25) is 0 Å². The minimum absolute atomic E-state index is 0.333. The fourth-order valence-corrected chi connectivity index (χ4v) is 1.86. The Morgan fingerprint density at radius 2 is 1.50 bits per heavy atom. The highest BCUT2D eigenvalue weighted by Crippen LogP contribution is 2.30. The van der Waals surface area contributed by atoms with Gasteiger partial charge in [-0.2, -0.15) is 0 Å². The Labute approximate surface area is 134 Å². The van der Waals surface area contributed by atoms with Crippen LogP contribution in [0.2, 0.25) is 0 Å². The number of aliphatic imine (C=N–C) groups is 1. The fourth-order valence-electron chi connectivity index (χ4n) is 1.86. The molecule has 2 aromatic rings. The molecule has 0 aromatic heterocycles. The second-order valence-corrected chi connectivity index (χ2v) is 4.88. The summed E-state index contributed by atoms with van der Waals surface area (Å²) in [7, 11) is 3.67. The van der Waals surface area contributed by atoms with Crippen LogP contribution in [0.1, 0.15) is 5.56 Å². The first-order chi connectivity index (χ1) is 11.4. The summed E-state index contributed by atoms with van der Waals surface area (Å²) in [4.78, 5) is 7.77. The van der Waals surface area contributed by atoms with E-state index in [1.807, 2.05) is 19.0 Å². The van der Waals surface area contributed by atoms with E-state index in [2.05, 4.69) is 15.0 Å². The quantitative estimate of drug-likeness (QED) is 0.193. The monoisotopic (exact) mass is 337 g/mol. The molecule has 9 heteroatoms. The van der Waals surface area contributed by atoms with Gasteiger partial charge in [-0.1, -0.05) is 5.11 Å². The molecule has 0 amide bonds. The molecule has 24 heavy (non-hydrogen) atoms. The molecule has 0 radical (unpaired) electrons. The lowest BCUT2D eigenvalue weighted by molar-refractivity contribution is 0.455. The van der Waals surface area contributed by atoms with E-state index in [1.165, 1.54) is 0 Å². The number of anilines is 1. The van der Waals surface area contributed by atoms with Crippen molar-refractivity contribution in [1.82, 2.24) is 0 Å². The smallest absolute Gasteiger partial charge is 0.172 e. The lowest BCUT2D eigenvalue weighted by Gasteiger charge is -2.11. The van der Waals surface area contributed by atoms with Crippen LogP contribution in [0.25, 0.3) is 10.4 Å². The minimum atomic E-state index is -1.78. The summed E-state index contributed by atoms with van der Waals surface area (Å²) < 4.78 is 55.0. The van der Waals surface area contributed by atoms with Crippen molar-refractivity contribution >= 4 is 23.3 Å². The van der Waals surface area contributed by atoms with Crippen molar-refractivity contribution in [3.8, 4) is 0 Å². The summed E-state index contributed by atoms with van der Waals surface area (Å²) in [6.07, 6.45) is 0.668. The molecule has 0 bridgehead atoms. The molecule has 0 spiro atoms. The molecule has 5 nitrogen and oxygen atoms in total. The normalized spacial score (nSPS) is 10.8. The third kappa shape index (κ3) is 3.31. The maximum Gasteiger partial charge on any atom is 0.172 e. The first kappa shape index (κ1) is 17.3. The van der Waals surface area contributed by atoms with E-state index in [-0.39, 0.29) is 0 Å². The molecule has 0 aliphatic rings. The number of nitrogens with zero attached hydrogens (tertiary/aromatic N) is 5. The fraction of sp³-hybridized carbons (Fsp3) is 0.133. The molecular weight excluding hydrogens is 326 g/mol. The summed E-state index contributed by atoms with van der Waals surface area (Å²) >= 11 is 0. The molecule has 0 unspecified atom stereocenters. The minimum Gasteiger partial charge on any atom is -0.378 e. The van der Waals surface area contributed by atoms with Crippen LogP contribution in [0.5, 0.6) is 0 Å². The summed E-state index contributed by atoms with van der Waals surface area (Å²) in [6, 6.07) is 6.57. The second-order valence-electron chi connectivity index (χ2n) is 4.88. The highest BCUT2D eigenvalue weighted by molar-refractivity contribution is 5.83. The maximum absolute atomic E-state index is 13.8. The van der Waals surface area contributed by atoms with Crippen molar-refractivity contribution in [2.24, 2.45) is 10.1 Å². The summed E-state index contributed by atoms with van der Waals surface area (Å²) in [5.41, 5.74) is 7.03. The van der Waals surface area contributed by atoms with Crippen molar-refractivity contribution in [3.05, 3.63) is 63.5 Å². The van der Waals surface area contributed by atoms with E-state index in [0.29, 0.717) is 11.9 Å². The number of hydrogen-bond acceptors (Lipinski definition) is 3. The first-order valence-electron chi connectivity index (χ1n) is 6.59. The highest BCUT2D eigenvalue weighted by Gasteiger charge is 2.23. The van der Waals surface area contributed by atoms with Gasteiger partial charge in [0.1, 0.15) is 5.69 Å². The summed E-state index contributed by atoms with van der Waals surface area (Å²) in [6.45, 7) is 0. The van der Waals surface area contributed by atoms with E-state index < -0.39 is 34.5 Å². The predicted octanol–water partition coefficient (Wildman–Crippen LogP) is 5.00. The van der Waals surface area contributed by atoms with Crippen molar-refractivity contribution < 1.29 is 17.6 Å². The van der Waals surface area contributed by atoms with Crippen molar-refractivity contribution in [2.75, 3.05) is 19.0 Å². The van der Waals surface area contributed by atoms with Gasteiger partial charge in [-0.05, 0) is 29.8 Å². The molecule has 0 aliphatic carbocycles. The first-order valence-corrected chi connectivity index (χ1v) is 6.59. The van der Waals surface area contributed by atoms with E-state index in [0.717, 1.165) is 5.69 Å². The lowest BCUT2D eigenvalue weighted by Crippen LogP contribution is -2.07. The molecule has 0 fully saturated rings. The number of azide groups is 1. The van der Waals surface area contributed by atoms with Gasteiger partial charge in [0, 0.05) is 30.9 Å². The molecule has 0 N–H and O–H groups in total. The van der Waals surface area contributed by atoms with E-state index in [1.54, 1.807) is 24.3 Å². The summed E-state index contributed by atoms with van der Waals surface area (Å²) in [5, 5.41) is 2.61. The van der Waals surface area contributed by atoms with Gasteiger partial charge in [0.25, 0.3) is 0 Å². The molecule has 0 aliphatic heterocycles. The molecule has 2 aromatic carbocycles. The zero-order valence-corrected chi connectivity index (χ0v) is 12.6. The van der Waals surface area contributed by atoms with Gasteiger partial charge in [0.05, 0.1) is 11.3 Å². The van der Waals surface area contributed by atoms with Crippen LogP contribution in [0.15, 0.2) is 34.4 Å². The predicted molar refractivity (Wildman–Crippen MR) is 83.1 cm³/mol. The van der Waals surface area contributed by atoms with Gasteiger partial charge in [-0.15, -0.1) is 0 Å². The number of hydrogen-bond donors (Lipinski definition) is 0. The number of halogens is 4. The number of rotatable bonds is 4. The molecule has 2 rings (SSSR count). The Hall–Kier alpha value is -3.06. The van der Waals surface area contributed by atoms with Gasteiger partial charge < -0.3 is 4.90 Å². The Morgan fingerprint density at radius 1 is 0.958 bits per heavy atom. The zero-order valence-electron chi connectivity index (χ0n) is 12.6. The van der Waals surface area contributed by atoms with Crippen LogP contribution < -0.4 is 4.90 Å². The van der Waals surface area contributed by atoms with Crippen molar-refractivity contribution in [1.29, 1.82) is 0 Å². The van der Waals surface area contributed by atoms with Crippen molar-refractivity contribution in [2.45, 2.75) is 0 Å². The van der Waals surface area contributed by atoms with Crippen LogP contribution in [-0.2, 0) is 0 Å². The van der Waals surface area contributed by atoms with Crippen LogP contribution >= 0.6 is 0 Å². The number of benzene rings is 2. The lowest BCUT2D eigenvalue weighted by atomic mass is 10.1. The summed E-state index contributed by atoms with van der Waals surface area (Å²) in [5.74, 6) is -6.94. The SMILES string of the molecule is CN(C)c1ccc(N=Cc2c(F)c(F)c(N=[N+]=[N-])c(F)c2F)cc1. The Balaban J connectivity index is 2.44. The van der Waals surface area contributed by atoms with Gasteiger partial charge in [-0.25, -0.2) is 17.6 Å². The molecular formula is C15H11F4N5. The van der Waals surface area contributed by atoms with Crippen LogP contribution in [0.4, 0.5) is 34.6 Å². The average Bonchev–Trinajstić information content (AvgIpc) is 2.57. The highest BCUT2D eigenvalue weighted by atomic mass is 19.2.